The molecule has 0 saturated heterocycles. The minimum atomic E-state index is -0.523. The Kier molecular flexibility index (Phi) is 4.22. The number of nitrogen functional groups attached to an aromatic ring is 1. The van der Waals surface area contributed by atoms with Crippen molar-refractivity contribution in [2.75, 3.05) is 17.7 Å². The Bertz CT molecular complexity index is 599. The quantitative estimate of drug-likeness (QED) is 0.619. The monoisotopic (exact) mass is 271 g/mol. The second-order valence-electron chi connectivity index (χ2n) is 4.46. The first-order valence-corrected chi connectivity index (χ1v) is 6.23. The number of amides is 1. The molecule has 0 spiro atoms. The van der Waals surface area contributed by atoms with Crippen molar-refractivity contribution in [3.05, 3.63) is 59.7 Å². The van der Waals surface area contributed by atoms with Crippen LogP contribution in [0.25, 0.3) is 0 Å². The zero-order valence-corrected chi connectivity index (χ0v) is 10.9. The van der Waals surface area contributed by atoms with E-state index in [1.807, 2.05) is 30.3 Å². The van der Waals surface area contributed by atoms with Gasteiger partial charge in [-0.1, -0.05) is 30.3 Å². The summed E-state index contributed by atoms with van der Waals surface area (Å²) in [6, 6.07) is 14.1. The third-order valence-electron chi connectivity index (χ3n) is 3.05. The number of aliphatic hydroxyl groups excluding tert-OH is 1. The lowest BCUT2D eigenvalue weighted by atomic mass is 10.1. The van der Waals surface area contributed by atoms with E-state index in [-0.39, 0.29) is 12.6 Å². The number of anilines is 2. The minimum Gasteiger partial charge on any atom is -0.397 e. The molecule has 0 aliphatic heterocycles. The van der Waals surface area contributed by atoms with Gasteiger partial charge in [-0.2, -0.15) is 0 Å². The molecule has 0 aliphatic rings. The first-order valence-electron chi connectivity index (χ1n) is 6.23. The molecule has 2 aromatic carbocycles. The van der Waals surface area contributed by atoms with Gasteiger partial charge >= 0.3 is 0 Å². The van der Waals surface area contributed by atoms with E-state index < -0.39 is 5.91 Å². The predicted molar refractivity (Wildman–Crippen MR) is 79.3 cm³/mol. The Morgan fingerprint density at radius 3 is 2.45 bits per heavy atom. The fourth-order valence-corrected chi connectivity index (χ4v) is 1.95. The highest BCUT2D eigenvalue weighted by molar-refractivity contribution is 5.94. The van der Waals surface area contributed by atoms with E-state index in [1.165, 1.54) is 6.07 Å². The molecule has 5 nitrogen and oxygen atoms in total. The standard InChI is InChI=1S/C15H17N3O2/c16-12-8-11(15(17)20)6-7-13(12)18-14(9-19)10-4-2-1-3-5-10/h1-8,14,18-19H,9,16H2,(H2,17,20). The average Bonchev–Trinajstić information content (AvgIpc) is 2.46. The van der Waals surface area contributed by atoms with E-state index >= 15 is 0 Å². The van der Waals surface area contributed by atoms with Gasteiger partial charge in [0, 0.05) is 5.56 Å². The van der Waals surface area contributed by atoms with Gasteiger partial charge in [-0.25, -0.2) is 0 Å². The predicted octanol–water partition coefficient (Wildman–Crippen LogP) is 1.51. The molecule has 0 saturated carbocycles. The van der Waals surface area contributed by atoms with Crippen molar-refractivity contribution >= 4 is 17.3 Å². The van der Waals surface area contributed by atoms with Gasteiger partial charge in [0.05, 0.1) is 24.0 Å². The van der Waals surface area contributed by atoms with Gasteiger partial charge in [-0.05, 0) is 23.8 Å². The molecule has 0 aliphatic carbocycles. The Hall–Kier alpha value is -2.53. The van der Waals surface area contributed by atoms with Crippen LogP contribution in [-0.4, -0.2) is 17.6 Å². The maximum atomic E-state index is 11.1. The van der Waals surface area contributed by atoms with Crippen LogP contribution in [0, 0.1) is 0 Å². The van der Waals surface area contributed by atoms with Crippen LogP contribution in [0.1, 0.15) is 22.0 Å². The summed E-state index contributed by atoms with van der Waals surface area (Å²) in [6.45, 7) is -0.0684. The second kappa shape index (κ2) is 6.08. The SMILES string of the molecule is NC(=O)c1ccc(NC(CO)c2ccccc2)c(N)c1. The molecular formula is C15H17N3O2. The Balaban J connectivity index is 2.22. The zero-order valence-electron chi connectivity index (χ0n) is 10.9. The van der Waals surface area contributed by atoms with Crippen LogP contribution in [0.3, 0.4) is 0 Å². The van der Waals surface area contributed by atoms with Crippen molar-refractivity contribution in [3.8, 4) is 0 Å². The third kappa shape index (κ3) is 3.07. The number of nitrogens with one attached hydrogen (secondary N) is 1. The Labute approximate surface area is 117 Å². The molecule has 0 bridgehead atoms. The number of primary amides is 1. The van der Waals surface area contributed by atoms with E-state index in [4.69, 9.17) is 11.5 Å². The van der Waals surface area contributed by atoms with Gasteiger partial charge in [-0.3, -0.25) is 4.79 Å². The number of hydrogen-bond acceptors (Lipinski definition) is 4. The molecule has 2 aromatic rings. The number of benzene rings is 2. The fourth-order valence-electron chi connectivity index (χ4n) is 1.95. The lowest BCUT2D eigenvalue weighted by molar-refractivity contribution is 0.100. The van der Waals surface area contributed by atoms with Crippen molar-refractivity contribution in [1.29, 1.82) is 0 Å². The van der Waals surface area contributed by atoms with E-state index in [9.17, 15) is 9.90 Å². The zero-order chi connectivity index (χ0) is 14.5. The van der Waals surface area contributed by atoms with Gasteiger partial charge in [0.2, 0.25) is 5.91 Å². The van der Waals surface area contributed by atoms with Crippen molar-refractivity contribution < 1.29 is 9.90 Å². The number of carbonyl (C=O) groups is 1. The number of rotatable bonds is 5. The molecule has 1 atom stereocenters. The summed E-state index contributed by atoms with van der Waals surface area (Å²) < 4.78 is 0. The molecule has 6 N–H and O–H groups in total. The highest BCUT2D eigenvalue weighted by Crippen LogP contribution is 2.25. The molecule has 1 unspecified atom stereocenters. The molecule has 0 aromatic heterocycles. The van der Waals surface area contributed by atoms with Crippen molar-refractivity contribution in [1.82, 2.24) is 0 Å². The summed E-state index contributed by atoms with van der Waals surface area (Å²) in [7, 11) is 0. The van der Waals surface area contributed by atoms with Crippen LogP contribution < -0.4 is 16.8 Å². The molecular weight excluding hydrogens is 254 g/mol. The maximum absolute atomic E-state index is 11.1. The van der Waals surface area contributed by atoms with Crippen LogP contribution in [0.4, 0.5) is 11.4 Å². The first-order chi connectivity index (χ1) is 9.61. The molecule has 5 heteroatoms. The van der Waals surface area contributed by atoms with E-state index in [0.717, 1.165) is 5.56 Å². The largest absolute Gasteiger partial charge is 0.397 e. The average molecular weight is 271 g/mol. The van der Waals surface area contributed by atoms with Crippen molar-refractivity contribution in [2.24, 2.45) is 5.73 Å². The van der Waals surface area contributed by atoms with Crippen molar-refractivity contribution in [3.63, 3.8) is 0 Å². The van der Waals surface area contributed by atoms with E-state index in [1.54, 1.807) is 12.1 Å². The molecule has 0 heterocycles. The molecule has 1 amide bonds. The van der Waals surface area contributed by atoms with Gasteiger partial charge in [0.25, 0.3) is 0 Å². The van der Waals surface area contributed by atoms with Gasteiger partial charge in [0.15, 0.2) is 0 Å². The van der Waals surface area contributed by atoms with Crippen LogP contribution in [0.2, 0.25) is 0 Å². The number of carbonyl (C=O) groups excluding carboxylic acids is 1. The Morgan fingerprint density at radius 2 is 1.90 bits per heavy atom. The lowest BCUT2D eigenvalue weighted by Crippen LogP contribution is -2.16. The van der Waals surface area contributed by atoms with Gasteiger partial charge in [0.1, 0.15) is 0 Å². The third-order valence-corrected chi connectivity index (χ3v) is 3.05. The van der Waals surface area contributed by atoms with Crippen LogP contribution in [0.5, 0.6) is 0 Å². The number of aliphatic hydroxyl groups is 1. The minimum absolute atomic E-state index is 0.0684. The Morgan fingerprint density at radius 1 is 1.20 bits per heavy atom. The second-order valence-corrected chi connectivity index (χ2v) is 4.46. The highest BCUT2D eigenvalue weighted by Gasteiger charge is 2.12. The smallest absolute Gasteiger partial charge is 0.248 e. The lowest BCUT2D eigenvalue weighted by Gasteiger charge is -2.19. The van der Waals surface area contributed by atoms with Gasteiger partial charge in [-0.15, -0.1) is 0 Å². The summed E-state index contributed by atoms with van der Waals surface area (Å²) in [4.78, 5) is 11.1. The summed E-state index contributed by atoms with van der Waals surface area (Å²) in [5.74, 6) is -0.523. The summed E-state index contributed by atoms with van der Waals surface area (Å²) in [6.07, 6.45) is 0. The molecule has 20 heavy (non-hydrogen) atoms. The topological polar surface area (TPSA) is 101 Å². The normalized spacial score (nSPS) is 11.8. The van der Waals surface area contributed by atoms with Gasteiger partial charge < -0.3 is 21.9 Å². The summed E-state index contributed by atoms with van der Waals surface area (Å²) in [5.41, 5.74) is 13.5. The number of nitrogens with two attached hydrogens (primary N) is 2. The van der Waals surface area contributed by atoms with Crippen molar-refractivity contribution in [2.45, 2.75) is 6.04 Å². The highest BCUT2D eigenvalue weighted by atomic mass is 16.3. The van der Waals surface area contributed by atoms with E-state index in [0.29, 0.717) is 16.9 Å². The van der Waals surface area contributed by atoms with E-state index in [2.05, 4.69) is 5.32 Å². The summed E-state index contributed by atoms with van der Waals surface area (Å²) in [5, 5.41) is 12.6. The maximum Gasteiger partial charge on any atom is 0.248 e. The molecule has 0 radical (unpaired) electrons. The van der Waals surface area contributed by atoms with Crippen LogP contribution in [-0.2, 0) is 0 Å². The molecule has 104 valence electrons. The molecule has 2 rings (SSSR count). The first kappa shape index (κ1) is 13.9. The molecule has 0 fully saturated rings. The van der Waals surface area contributed by atoms with Crippen LogP contribution in [0.15, 0.2) is 48.5 Å². The fraction of sp³-hybridized carbons (Fsp3) is 0.133. The summed E-state index contributed by atoms with van der Waals surface area (Å²) >= 11 is 0. The van der Waals surface area contributed by atoms with Crippen LogP contribution >= 0.6 is 0 Å². The number of hydrogen-bond donors (Lipinski definition) is 4.